The first-order chi connectivity index (χ1) is 14.2. The molecular formula is C25H38O4. The van der Waals surface area contributed by atoms with E-state index in [1.54, 1.807) is 0 Å². The SMILES string of the molecule is C=CC(=O)OC(CCCCCCCCC)(CCOc1ccccc1)C1CCCO1. The van der Waals surface area contributed by atoms with Gasteiger partial charge in [0.15, 0.2) is 0 Å². The minimum absolute atomic E-state index is 0.0640. The predicted octanol–water partition coefficient (Wildman–Crippen LogP) is 6.24. The maximum atomic E-state index is 12.2. The lowest BCUT2D eigenvalue weighted by atomic mass is 9.85. The molecule has 0 radical (unpaired) electrons. The van der Waals surface area contributed by atoms with Crippen molar-refractivity contribution in [2.24, 2.45) is 0 Å². The molecule has 4 nitrogen and oxygen atoms in total. The Morgan fingerprint density at radius 1 is 1.14 bits per heavy atom. The number of esters is 1. The van der Waals surface area contributed by atoms with Crippen molar-refractivity contribution in [2.45, 2.75) is 89.3 Å². The molecule has 0 N–H and O–H groups in total. The first-order valence-electron chi connectivity index (χ1n) is 11.3. The summed E-state index contributed by atoms with van der Waals surface area (Å²) in [5.74, 6) is 0.461. The zero-order valence-electron chi connectivity index (χ0n) is 18.1. The van der Waals surface area contributed by atoms with Crippen LogP contribution in [0.4, 0.5) is 0 Å². The van der Waals surface area contributed by atoms with Gasteiger partial charge in [0.2, 0.25) is 0 Å². The molecule has 4 heteroatoms. The normalized spacial score (nSPS) is 18.2. The van der Waals surface area contributed by atoms with Gasteiger partial charge in [-0.1, -0.05) is 70.2 Å². The van der Waals surface area contributed by atoms with E-state index < -0.39 is 5.60 Å². The van der Waals surface area contributed by atoms with Crippen LogP contribution in [-0.2, 0) is 14.3 Å². The van der Waals surface area contributed by atoms with Gasteiger partial charge in [-0.3, -0.25) is 0 Å². The molecule has 1 aromatic carbocycles. The number of unbranched alkanes of at least 4 members (excludes halogenated alkanes) is 6. The molecule has 0 saturated carbocycles. The van der Waals surface area contributed by atoms with Gasteiger partial charge in [0.05, 0.1) is 12.7 Å². The molecule has 1 aliphatic rings. The molecule has 1 aliphatic heterocycles. The van der Waals surface area contributed by atoms with E-state index in [0.29, 0.717) is 13.0 Å². The number of ether oxygens (including phenoxy) is 3. The van der Waals surface area contributed by atoms with Gasteiger partial charge in [0.1, 0.15) is 11.4 Å². The Bertz CT molecular complexity index is 580. The maximum absolute atomic E-state index is 12.2. The smallest absolute Gasteiger partial charge is 0.330 e. The van der Waals surface area contributed by atoms with Crippen molar-refractivity contribution < 1.29 is 19.0 Å². The van der Waals surface area contributed by atoms with Crippen molar-refractivity contribution in [3.05, 3.63) is 43.0 Å². The van der Waals surface area contributed by atoms with Gasteiger partial charge >= 0.3 is 5.97 Å². The van der Waals surface area contributed by atoms with E-state index in [1.807, 2.05) is 30.3 Å². The molecule has 29 heavy (non-hydrogen) atoms. The minimum atomic E-state index is -0.639. The molecule has 2 rings (SSSR count). The second-order valence-electron chi connectivity index (χ2n) is 7.97. The Morgan fingerprint density at radius 2 is 1.86 bits per heavy atom. The highest BCUT2D eigenvalue weighted by atomic mass is 16.6. The lowest BCUT2D eigenvalue weighted by Crippen LogP contribution is -2.47. The van der Waals surface area contributed by atoms with Crippen LogP contribution in [0, 0.1) is 0 Å². The number of hydrogen-bond donors (Lipinski definition) is 0. The van der Waals surface area contributed by atoms with E-state index >= 15 is 0 Å². The Labute approximate surface area is 176 Å². The number of rotatable bonds is 15. The summed E-state index contributed by atoms with van der Waals surface area (Å²) >= 11 is 0. The summed E-state index contributed by atoms with van der Waals surface area (Å²) in [6.07, 6.45) is 13.1. The molecule has 2 atom stereocenters. The molecule has 0 bridgehead atoms. The maximum Gasteiger partial charge on any atom is 0.330 e. The average Bonchev–Trinajstić information content (AvgIpc) is 3.29. The summed E-state index contributed by atoms with van der Waals surface area (Å²) in [5, 5.41) is 0. The molecule has 0 spiro atoms. The summed E-state index contributed by atoms with van der Waals surface area (Å²) in [7, 11) is 0. The third kappa shape index (κ3) is 8.22. The van der Waals surface area contributed by atoms with Crippen molar-refractivity contribution in [1.29, 1.82) is 0 Å². The van der Waals surface area contributed by atoms with Crippen molar-refractivity contribution in [3.8, 4) is 5.75 Å². The second-order valence-corrected chi connectivity index (χ2v) is 7.97. The summed E-state index contributed by atoms with van der Waals surface area (Å²) in [5.41, 5.74) is -0.639. The number of hydrogen-bond acceptors (Lipinski definition) is 4. The van der Waals surface area contributed by atoms with Gasteiger partial charge in [0.25, 0.3) is 0 Å². The first kappa shape index (κ1) is 23.5. The van der Waals surface area contributed by atoms with E-state index in [1.165, 1.54) is 38.2 Å². The van der Waals surface area contributed by atoms with E-state index in [4.69, 9.17) is 14.2 Å². The summed E-state index contributed by atoms with van der Waals surface area (Å²) < 4.78 is 17.9. The molecule has 1 fully saturated rings. The fraction of sp³-hybridized carbons (Fsp3) is 0.640. The number of carbonyl (C=O) groups excluding carboxylic acids is 1. The lowest BCUT2D eigenvalue weighted by molar-refractivity contribution is -0.173. The quantitative estimate of drug-likeness (QED) is 0.198. The third-order valence-corrected chi connectivity index (χ3v) is 5.73. The Hall–Kier alpha value is -1.81. The topological polar surface area (TPSA) is 44.8 Å². The Balaban J connectivity index is 1.97. The van der Waals surface area contributed by atoms with Gasteiger partial charge in [-0.15, -0.1) is 0 Å². The van der Waals surface area contributed by atoms with Gasteiger partial charge < -0.3 is 14.2 Å². The molecule has 0 aromatic heterocycles. The molecule has 162 valence electrons. The monoisotopic (exact) mass is 402 g/mol. The summed E-state index contributed by atoms with van der Waals surface area (Å²) in [6.45, 7) is 7.05. The van der Waals surface area contributed by atoms with Gasteiger partial charge in [-0.2, -0.15) is 0 Å². The van der Waals surface area contributed by atoms with E-state index in [2.05, 4.69) is 13.5 Å². The van der Waals surface area contributed by atoms with Crippen LogP contribution in [0.15, 0.2) is 43.0 Å². The van der Waals surface area contributed by atoms with Crippen LogP contribution in [0.5, 0.6) is 5.75 Å². The fourth-order valence-electron chi connectivity index (χ4n) is 4.09. The average molecular weight is 403 g/mol. The van der Waals surface area contributed by atoms with Gasteiger partial charge in [-0.05, 0) is 37.8 Å². The van der Waals surface area contributed by atoms with Crippen LogP contribution >= 0.6 is 0 Å². The van der Waals surface area contributed by atoms with Gasteiger partial charge in [0, 0.05) is 19.1 Å². The Morgan fingerprint density at radius 3 is 2.52 bits per heavy atom. The van der Waals surface area contributed by atoms with Crippen molar-refractivity contribution in [3.63, 3.8) is 0 Å². The largest absolute Gasteiger partial charge is 0.493 e. The van der Waals surface area contributed by atoms with Crippen LogP contribution < -0.4 is 4.74 Å². The van der Waals surface area contributed by atoms with Gasteiger partial charge in [-0.25, -0.2) is 4.79 Å². The third-order valence-electron chi connectivity index (χ3n) is 5.73. The number of para-hydroxylation sites is 1. The first-order valence-corrected chi connectivity index (χ1v) is 11.3. The summed E-state index contributed by atoms with van der Waals surface area (Å²) in [4.78, 5) is 12.2. The summed E-state index contributed by atoms with van der Waals surface area (Å²) in [6, 6.07) is 9.77. The van der Waals surface area contributed by atoms with E-state index in [0.717, 1.165) is 44.5 Å². The molecule has 0 aliphatic carbocycles. The number of carbonyl (C=O) groups is 1. The predicted molar refractivity (Wildman–Crippen MR) is 117 cm³/mol. The zero-order valence-corrected chi connectivity index (χ0v) is 18.1. The molecule has 1 aromatic rings. The van der Waals surface area contributed by atoms with Crippen molar-refractivity contribution in [1.82, 2.24) is 0 Å². The zero-order chi connectivity index (χ0) is 20.8. The van der Waals surface area contributed by atoms with Crippen LogP contribution in [0.1, 0.15) is 77.6 Å². The molecule has 0 amide bonds. The van der Waals surface area contributed by atoms with Crippen LogP contribution in [0.25, 0.3) is 0 Å². The second kappa shape index (κ2) is 13.4. The molecule has 2 unspecified atom stereocenters. The minimum Gasteiger partial charge on any atom is -0.493 e. The van der Waals surface area contributed by atoms with Crippen molar-refractivity contribution >= 4 is 5.97 Å². The molecule has 1 heterocycles. The highest BCUT2D eigenvalue weighted by molar-refractivity contribution is 5.81. The lowest BCUT2D eigenvalue weighted by Gasteiger charge is -2.38. The Kier molecular flexibility index (Phi) is 10.9. The highest BCUT2D eigenvalue weighted by Crippen LogP contribution is 2.36. The van der Waals surface area contributed by atoms with Crippen LogP contribution in [0.2, 0.25) is 0 Å². The van der Waals surface area contributed by atoms with E-state index in [-0.39, 0.29) is 12.1 Å². The number of benzene rings is 1. The van der Waals surface area contributed by atoms with Crippen LogP contribution in [0.3, 0.4) is 0 Å². The van der Waals surface area contributed by atoms with Crippen LogP contribution in [-0.4, -0.2) is 30.9 Å². The standard InChI is InChI=1S/C25H38O4/c1-3-5-6-7-8-9-13-18-25(29-24(26)4-2,23-17-14-20-28-23)19-21-27-22-15-11-10-12-16-22/h4,10-12,15-16,23H,2-3,5-9,13-14,17-21H2,1H3. The fourth-order valence-corrected chi connectivity index (χ4v) is 4.09. The van der Waals surface area contributed by atoms with Crippen molar-refractivity contribution in [2.75, 3.05) is 13.2 Å². The molecular weight excluding hydrogens is 364 g/mol. The molecule has 1 saturated heterocycles. The van der Waals surface area contributed by atoms with E-state index in [9.17, 15) is 4.79 Å². The highest BCUT2D eigenvalue weighted by Gasteiger charge is 2.44.